The molecular weight excluding hydrogens is 475 g/mol. The quantitative estimate of drug-likeness (QED) is 0.414. The van der Waals surface area contributed by atoms with Crippen LogP contribution in [0.3, 0.4) is 0 Å². The number of esters is 1. The molecule has 0 spiro atoms. The topological polar surface area (TPSA) is 94.1 Å². The number of alkyl halides is 3. The van der Waals surface area contributed by atoms with Gasteiger partial charge >= 0.3 is 18.1 Å². The van der Waals surface area contributed by atoms with E-state index < -0.39 is 43.9 Å². The summed E-state index contributed by atoms with van der Waals surface area (Å²) >= 11 is 0. The maximum absolute atomic E-state index is 12.0. The van der Waals surface area contributed by atoms with E-state index in [0.717, 1.165) is 0 Å². The van der Waals surface area contributed by atoms with Crippen molar-refractivity contribution in [2.24, 2.45) is 0 Å². The number of aliphatic hydroxyl groups excluding tert-OH is 1. The minimum atomic E-state index is -5.06. The Morgan fingerprint density at radius 2 is 1.73 bits per heavy atom. The van der Waals surface area contributed by atoms with Crippen molar-refractivity contribution in [1.82, 2.24) is 5.32 Å². The van der Waals surface area contributed by atoms with Crippen molar-refractivity contribution in [1.29, 1.82) is 0 Å². The molecule has 142 valence electrons. The summed E-state index contributed by atoms with van der Waals surface area (Å²) in [6.07, 6.45) is -6.38. The number of rotatable bonds is 8. The largest absolute Gasteiger partial charge is 0.665 e. The fourth-order valence-corrected chi connectivity index (χ4v) is 1.44. The predicted octanol–water partition coefficient (Wildman–Crippen LogP) is 0.813. The Morgan fingerprint density at radius 3 is 2.19 bits per heavy atom. The van der Waals surface area contributed by atoms with Crippen molar-refractivity contribution in [2.45, 2.75) is 12.3 Å². The van der Waals surface area contributed by atoms with Gasteiger partial charge in [-0.1, -0.05) is 0 Å². The SMILES string of the molecule is [CH2-]Oc1ccc(OCC(=O)OC(CO)CNC(=O)C(F)(F)F)cc1.[V].[Y]. The maximum atomic E-state index is 12.0. The molecule has 2 radical (unpaired) electrons. The minimum Gasteiger partial charge on any atom is -0.665 e. The van der Waals surface area contributed by atoms with Crippen LogP contribution in [0.25, 0.3) is 0 Å². The average molecular weight is 490 g/mol. The second-order valence-corrected chi connectivity index (χ2v) is 4.41. The van der Waals surface area contributed by atoms with Crippen molar-refractivity contribution in [3.8, 4) is 11.5 Å². The molecule has 0 bridgehead atoms. The van der Waals surface area contributed by atoms with Gasteiger partial charge in [-0.15, -0.1) is 0 Å². The summed E-state index contributed by atoms with van der Waals surface area (Å²) in [5.74, 6) is -2.32. The third-order valence-corrected chi connectivity index (χ3v) is 2.60. The first-order chi connectivity index (χ1) is 11.3. The zero-order valence-corrected chi connectivity index (χ0v) is 17.6. The van der Waals surface area contributed by atoms with Crippen LogP contribution in [-0.2, 0) is 65.6 Å². The molecule has 0 saturated heterocycles. The Labute approximate surface area is 184 Å². The number of amides is 1. The van der Waals surface area contributed by atoms with Crippen molar-refractivity contribution >= 4 is 11.9 Å². The van der Waals surface area contributed by atoms with Gasteiger partial charge in [-0.2, -0.15) is 20.3 Å². The molecule has 1 atom stereocenters. The summed E-state index contributed by atoms with van der Waals surface area (Å²) in [5, 5.41) is 10.5. The Hall–Kier alpha value is -0.802. The fraction of sp³-hybridized carbons (Fsp3) is 0.357. The monoisotopic (exact) mass is 490 g/mol. The molecule has 26 heavy (non-hydrogen) atoms. The molecule has 7 nitrogen and oxygen atoms in total. The maximum Gasteiger partial charge on any atom is 0.471 e. The first-order valence-corrected chi connectivity index (χ1v) is 6.56. The van der Waals surface area contributed by atoms with Crippen LogP contribution in [0.2, 0.25) is 0 Å². The van der Waals surface area contributed by atoms with Gasteiger partial charge in [0.15, 0.2) is 6.61 Å². The fourth-order valence-electron chi connectivity index (χ4n) is 1.44. The standard InChI is InChI=1S/C14H15F3NO6.V.Y/c1-22-9-2-4-10(5-3-9)23-8-12(20)24-11(7-19)6-18-13(21)14(15,16)17;;/h2-5,11,19H,1,6-8H2,(H,18,21);;/q-1;;. The van der Waals surface area contributed by atoms with E-state index in [-0.39, 0.29) is 51.3 Å². The van der Waals surface area contributed by atoms with Crippen LogP contribution in [0.15, 0.2) is 24.3 Å². The van der Waals surface area contributed by atoms with E-state index >= 15 is 0 Å². The van der Waals surface area contributed by atoms with E-state index in [9.17, 15) is 22.8 Å². The van der Waals surface area contributed by atoms with Gasteiger partial charge in [0.1, 0.15) is 11.9 Å². The summed E-state index contributed by atoms with van der Waals surface area (Å²) < 4.78 is 50.5. The van der Waals surface area contributed by atoms with Crippen LogP contribution in [0.1, 0.15) is 0 Å². The molecule has 0 saturated carbocycles. The molecule has 1 aromatic rings. The molecule has 0 aliphatic rings. The van der Waals surface area contributed by atoms with Crippen LogP contribution in [0.5, 0.6) is 11.5 Å². The number of hydrogen-bond donors (Lipinski definition) is 2. The van der Waals surface area contributed by atoms with Crippen LogP contribution < -0.4 is 14.8 Å². The van der Waals surface area contributed by atoms with Gasteiger partial charge < -0.3 is 24.6 Å². The van der Waals surface area contributed by atoms with Crippen LogP contribution >= 0.6 is 0 Å². The van der Waals surface area contributed by atoms with E-state index in [0.29, 0.717) is 11.5 Å². The van der Waals surface area contributed by atoms with Gasteiger partial charge in [-0.05, 0) is 24.3 Å². The minimum absolute atomic E-state index is 0. The van der Waals surface area contributed by atoms with Crippen LogP contribution in [0.4, 0.5) is 13.2 Å². The number of aliphatic hydroxyl groups is 1. The zero-order valence-electron chi connectivity index (χ0n) is 13.4. The Bertz CT molecular complexity index is 559. The van der Waals surface area contributed by atoms with E-state index in [2.05, 4.69) is 7.11 Å². The van der Waals surface area contributed by atoms with Gasteiger partial charge in [0, 0.05) is 51.3 Å². The van der Waals surface area contributed by atoms with Gasteiger partial charge in [0.2, 0.25) is 0 Å². The Balaban J connectivity index is 0. The van der Waals surface area contributed by atoms with Gasteiger partial charge in [0.05, 0.1) is 18.9 Å². The van der Waals surface area contributed by atoms with Crippen molar-refractivity contribution in [3.05, 3.63) is 31.4 Å². The van der Waals surface area contributed by atoms with Crippen LogP contribution in [0, 0.1) is 7.11 Å². The molecule has 1 aromatic carbocycles. The number of carbonyl (C=O) groups excluding carboxylic acids is 2. The molecule has 2 N–H and O–H groups in total. The van der Waals surface area contributed by atoms with E-state index in [1.165, 1.54) is 29.6 Å². The molecular formula is C14H15F3NO6VY-. The van der Waals surface area contributed by atoms with Gasteiger partial charge in [0.25, 0.3) is 0 Å². The van der Waals surface area contributed by atoms with E-state index in [4.69, 9.17) is 19.3 Å². The third-order valence-electron chi connectivity index (χ3n) is 2.60. The zero-order chi connectivity index (χ0) is 18.2. The second kappa shape index (κ2) is 13.4. The number of ether oxygens (including phenoxy) is 3. The number of nitrogens with one attached hydrogen (secondary N) is 1. The summed E-state index contributed by atoms with van der Waals surface area (Å²) in [4.78, 5) is 22.2. The summed E-state index contributed by atoms with van der Waals surface area (Å²) in [6, 6.07) is 6.08. The predicted molar refractivity (Wildman–Crippen MR) is 74.0 cm³/mol. The summed E-state index contributed by atoms with van der Waals surface area (Å²) in [5.41, 5.74) is 0. The molecule has 1 unspecified atom stereocenters. The van der Waals surface area contributed by atoms with Gasteiger partial charge in [-0.25, -0.2) is 4.79 Å². The van der Waals surface area contributed by atoms with Crippen LogP contribution in [-0.4, -0.2) is 49.0 Å². The van der Waals surface area contributed by atoms with Crippen molar-refractivity contribution in [3.63, 3.8) is 0 Å². The summed E-state index contributed by atoms with van der Waals surface area (Å²) in [7, 11) is 3.21. The number of benzene rings is 1. The van der Waals surface area contributed by atoms with Crippen molar-refractivity contribution < 1.29 is 93.3 Å². The number of carbonyl (C=O) groups is 2. The number of halogens is 3. The van der Waals surface area contributed by atoms with Gasteiger partial charge in [-0.3, -0.25) is 4.79 Å². The molecule has 1 amide bonds. The van der Waals surface area contributed by atoms with Crippen molar-refractivity contribution in [2.75, 3.05) is 19.8 Å². The average Bonchev–Trinajstić information content (AvgIpc) is 2.55. The number of hydrogen-bond acceptors (Lipinski definition) is 6. The smallest absolute Gasteiger partial charge is 0.471 e. The van der Waals surface area contributed by atoms with E-state index in [1.54, 1.807) is 0 Å². The molecule has 0 heterocycles. The van der Waals surface area contributed by atoms with E-state index in [1.807, 2.05) is 0 Å². The molecule has 1 rings (SSSR count). The molecule has 0 aliphatic heterocycles. The Kier molecular flexibility index (Phi) is 14.1. The summed E-state index contributed by atoms with van der Waals surface area (Å²) in [6.45, 7) is -1.98. The molecule has 0 aliphatic carbocycles. The normalized spacial score (nSPS) is 11.3. The molecule has 0 fully saturated rings. The molecule has 12 heteroatoms. The Morgan fingerprint density at radius 1 is 1.19 bits per heavy atom. The second-order valence-electron chi connectivity index (χ2n) is 4.41. The first kappa shape index (κ1) is 27.4. The molecule has 0 aromatic heterocycles. The first-order valence-electron chi connectivity index (χ1n) is 6.56. The third kappa shape index (κ3) is 10.4.